The summed E-state index contributed by atoms with van der Waals surface area (Å²) in [6, 6.07) is 1.77. The summed E-state index contributed by atoms with van der Waals surface area (Å²) in [5.74, 6) is 1.76. The Labute approximate surface area is 127 Å². The maximum atomic E-state index is 9.36. The first-order valence-corrected chi connectivity index (χ1v) is 7.36. The molecule has 1 aromatic carbocycles. The van der Waals surface area contributed by atoms with E-state index in [9.17, 15) is 5.11 Å². The molecule has 21 heavy (non-hydrogen) atoms. The summed E-state index contributed by atoms with van der Waals surface area (Å²) in [6.45, 7) is 6.24. The van der Waals surface area contributed by atoms with Crippen LogP contribution in [0.3, 0.4) is 0 Å². The Morgan fingerprint density at radius 2 is 1.86 bits per heavy atom. The van der Waals surface area contributed by atoms with Crippen LogP contribution >= 0.6 is 0 Å². The third kappa shape index (κ3) is 4.14. The smallest absolute Gasteiger partial charge is 0.203 e. The van der Waals surface area contributed by atoms with E-state index in [2.05, 4.69) is 13.8 Å². The van der Waals surface area contributed by atoms with Crippen molar-refractivity contribution in [3.63, 3.8) is 0 Å². The molecule has 4 nitrogen and oxygen atoms in total. The molecule has 118 valence electrons. The summed E-state index contributed by atoms with van der Waals surface area (Å²) >= 11 is 0. The fraction of sp³-hybridized carbons (Fsp3) is 0.529. The number of aliphatic hydroxyl groups is 1. The van der Waals surface area contributed by atoms with Gasteiger partial charge in [0.05, 0.1) is 20.8 Å². The molecule has 0 amide bonds. The average Bonchev–Trinajstić information content (AvgIpc) is 2.53. The molecule has 0 bridgehead atoms. The van der Waals surface area contributed by atoms with E-state index < -0.39 is 0 Å². The number of benzene rings is 1. The highest BCUT2D eigenvalue weighted by atomic mass is 16.5. The molecule has 0 fully saturated rings. The van der Waals surface area contributed by atoms with Gasteiger partial charge in [0.2, 0.25) is 5.75 Å². The summed E-state index contributed by atoms with van der Waals surface area (Å²) < 4.78 is 16.3. The number of hydrogen-bond donors (Lipinski definition) is 1. The molecule has 1 heterocycles. The average molecular weight is 294 g/mol. The van der Waals surface area contributed by atoms with Crippen LogP contribution in [0.2, 0.25) is 0 Å². The van der Waals surface area contributed by atoms with Crippen LogP contribution in [0.15, 0.2) is 12.1 Å². The summed E-state index contributed by atoms with van der Waals surface area (Å²) in [5.41, 5.74) is 1.61. The Hall–Kier alpha value is -1.68. The van der Waals surface area contributed by atoms with Gasteiger partial charge in [-0.05, 0) is 24.6 Å². The van der Waals surface area contributed by atoms with E-state index in [1.807, 2.05) is 19.1 Å². The van der Waals surface area contributed by atoms with E-state index in [-0.39, 0.29) is 12.7 Å². The van der Waals surface area contributed by atoms with E-state index in [1.165, 1.54) is 12.8 Å². The van der Waals surface area contributed by atoms with Gasteiger partial charge in [0.15, 0.2) is 11.5 Å². The van der Waals surface area contributed by atoms with Crippen LogP contribution in [-0.4, -0.2) is 25.4 Å². The minimum absolute atomic E-state index is 0.0185. The molecule has 0 saturated carbocycles. The quantitative estimate of drug-likeness (QED) is 0.917. The molecule has 1 aliphatic rings. The lowest BCUT2D eigenvalue weighted by molar-refractivity contribution is 0.241. The molecule has 1 unspecified atom stereocenters. The zero-order chi connectivity index (χ0) is 15.8. The lowest BCUT2D eigenvalue weighted by atomic mass is 10.0. The van der Waals surface area contributed by atoms with Gasteiger partial charge in [0.25, 0.3) is 0 Å². The highest BCUT2D eigenvalue weighted by Gasteiger charge is 2.23. The third-order valence-corrected chi connectivity index (χ3v) is 3.26. The Kier molecular flexibility index (Phi) is 7.09. The Balaban J connectivity index is 0.000000491. The van der Waals surface area contributed by atoms with Crippen molar-refractivity contribution in [2.24, 2.45) is 0 Å². The first-order valence-electron chi connectivity index (χ1n) is 7.36. The summed E-state index contributed by atoms with van der Waals surface area (Å²) in [5, 5.41) is 9.36. The Bertz CT molecular complexity index is 478. The Morgan fingerprint density at radius 1 is 1.19 bits per heavy atom. The first-order chi connectivity index (χ1) is 10.1. The van der Waals surface area contributed by atoms with Crippen LogP contribution in [0, 0.1) is 0 Å². The number of fused-ring (bicyclic) bond motifs is 1. The largest absolute Gasteiger partial charge is 0.493 e. The van der Waals surface area contributed by atoms with E-state index in [4.69, 9.17) is 14.2 Å². The molecule has 0 radical (unpaired) electrons. The van der Waals surface area contributed by atoms with Gasteiger partial charge in [-0.1, -0.05) is 32.8 Å². The lowest BCUT2D eigenvalue weighted by Gasteiger charge is -2.23. The molecule has 1 N–H and O–H groups in total. The summed E-state index contributed by atoms with van der Waals surface area (Å²) in [7, 11) is 3.14. The van der Waals surface area contributed by atoms with Gasteiger partial charge in [-0.25, -0.2) is 0 Å². The third-order valence-electron chi connectivity index (χ3n) is 3.26. The predicted octanol–water partition coefficient (Wildman–Crippen LogP) is 3.80. The van der Waals surface area contributed by atoms with Gasteiger partial charge in [0, 0.05) is 5.56 Å². The molecule has 1 atom stereocenters. The van der Waals surface area contributed by atoms with Crippen molar-refractivity contribution in [3.05, 3.63) is 23.3 Å². The van der Waals surface area contributed by atoms with Crippen molar-refractivity contribution in [2.75, 3.05) is 14.2 Å². The fourth-order valence-corrected chi connectivity index (χ4v) is 1.91. The first kappa shape index (κ1) is 17.4. The van der Waals surface area contributed by atoms with Crippen molar-refractivity contribution < 1.29 is 19.3 Å². The van der Waals surface area contributed by atoms with Gasteiger partial charge >= 0.3 is 0 Å². The lowest BCUT2D eigenvalue weighted by Crippen LogP contribution is -2.14. The standard InChI is InChI=1S/C13H16O4.C4H10/c1-8-4-5-10-9(7-14)6-11(15-2)13(16-3)12(10)17-8;1-3-4-2/h4-6,8,14H,7H2,1-3H3;3-4H2,1-2H3. The monoisotopic (exact) mass is 294 g/mol. The highest BCUT2D eigenvalue weighted by Crippen LogP contribution is 2.44. The molecule has 0 aliphatic carbocycles. The highest BCUT2D eigenvalue weighted by molar-refractivity contribution is 5.71. The number of hydrogen-bond acceptors (Lipinski definition) is 4. The second kappa shape index (κ2) is 8.57. The summed E-state index contributed by atoms with van der Waals surface area (Å²) in [4.78, 5) is 0. The second-order valence-corrected chi connectivity index (χ2v) is 4.85. The van der Waals surface area contributed by atoms with Crippen LogP contribution in [-0.2, 0) is 6.61 Å². The minimum atomic E-state index is -0.0647. The fourth-order valence-electron chi connectivity index (χ4n) is 1.91. The number of unbranched alkanes of at least 4 members (excludes halogenated alkanes) is 1. The molecule has 1 aliphatic heterocycles. The van der Waals surface area contributed by atoms with Crippen molar-refractivity contribution in [1.29, 1.82) is 0 Å². The number of ether oxygens (including phenoxy) is 3. The SMILES string of the molecule is CCCC.COc1cc(CO)c2c(c1OC)OC(C)C=C2. The van der Waals surface area contributed by atoms with E-state index in [0.29, 0.717) is 17.2 Å². The maximum absolute atomic E-state index is 9.36. The molecule has 0 spiro atoms. The minimum Gasteiger partial charge on any atom is -0.493 e. The zero-order valence-corrected chi connectivity index (χ0v) is 13.6. The van der Waals surface area contributed by atoms with Gasteiger partial charge in [-0.15, -0.1) is 0 Å². The van der Waals surface area contributed by atoms with Crippen LogP contribution in [0.25, 0.3) is 6.08 Å². The number of aliphatic hydroxyl groups excluding tert-OH is 1. The topological polar surface area (TPSA) is 47.9 Å². The normalized spacial score (nSPS) is 15.4. The van der Waals surface area contributed by atoms with Gasteiger partial charge in [-0.2, -0.15) is 0 Å². The van der Waals surface area contributed by atoms with E-state index in [1.54, 1.807) is 20.3 Å². The van der Waals surface area contributed by atoms with Crippen LogP contribution < -0.4 is 14.2 Å². The van der Waals surface area contributed by atoms with Gasteiger partial charge < -0.3 is 19.3 Å². The molecular formula is C17H26O4. The maximum Gasteiger partial charge on any atom is 0.203 e. The van der Waals surface area contributed by atoms with Gasteiger partial charge in [0.1, 0.15) is 6.10 Å². The van der Waals surface area contributed by atoms with Crippen molar-refractivity contribution in [1.82, 2.24) is 0 Å². The van der Waals surface area contributed by atoms with Crippen LogP contribution in [0.5, 0.6) is 17.2 Å². The second-order valence-electron chi connectivity index (χ2n) is 4.85. The molecule has 4 heteroatoms. The molecule has 2 rings (SSSR count). The van der Waals surface area contributed by atoms with Crippen molar-refractivity contribution in [3.8, 4) is 17.2 Å². The van der Waals surface area contributed by atoms with Crippen LogP contribution in [0.4, 0.5) is 0 Å². The molecule has 1 aromatic rings. The van der Waals surface area contributed by atoms with E-state index in [0.717, 1.165) is 11.1 Å². The van der Waals surface area contributed by atoms with Crippen LogP contribution in [0.1, 0.15) is 44.7 Å². The zero-order valence-electron chi connectivity index (χ0n) is 13.6. The van der Waals surface area contributed by atoms with Crippen molar-refractivity contribution >= 4 is 6.08 Å². The molecule has 0 aromatic heterocycles. The van der Waals surface area contributed by atoms with Gasteiger partial charge in [-0.3, -0.25) is 0 Å². The van der Waals surface area contributed by atoms with Crippen molar-refractivity contribution in [2.45, 2.75) is 46.3 Å². The molecular weight excluding hydrogens is 268 g/mol. The molecule has 0 saturated heterocycles. The van der Waals surface area contributed by atoms with E-state index >= 15 is 0 Å². The predicted molar refractivity (Wildman–Crippen MR) is 85.2 cm³/mol. The number of methoxy groups -OCH3 is 2. The summed E-state index contributed by atoms with van der Waals surface area (Å²) in [6.07, 6.45) is 6.50. The Morgan fingerprint density at radius 3 is 2.33 bits per heavy atom. The number of rotatable bonds is 4.